The van der Waals surface area contributed by atoms with Crippen molar-refractivity contribution in [2.75, 3.05) is 33.4 Å². The second kappa shape index (κ2) is 10.7. The minimum Gasteiger partial charge on any atom is -0.497 e. The number of aryl methyl sites for hydroxylation is 2. The monoisotopic (exact) mass is 430 g/mol. The molecule has 1 saturated heterocycles. The number of likely N-dealkylation sites (tertiary alicyclic amines) is 1. The van der Waals surface area contributed by atoms with E-state index >= 15 is 0 Å². The van der Waals surface area contributed by atoms with Gasteiger partial charge in [-0.3, -0.25) is 9.69 Å². The van der Waals surface area contributed by atoms with E-state index in [0.717, 1.165) is 35.0 Å². The van der Waals surface area contributed by atoms with Gasteiger partial charge in [0.1, 0.15) is 11.5 Å². The molecule has 30 heavy (non-hydrogen) atoms. The van der Waals surface area contributed by atoms with Crippen molar-refractivity contribution < 1.29 is 14.3 Å². The largest absolute Gasteiger partial charge is 0.497 e. The number of halogens is 1. The van der Waals surface area contributed by atoms with Crippen LogP contribution >= 0.6 is 11.6 Å². The lowest BCUT2D eigenvalue weighted by molar-refractivity contribution is -0.123. The van der Waals surface area contributed by atoms with Gasteiger partial charge in [0.15, 0.2) is 6.61 Å². The Morgan fingerprint density at radius 3 is 2.30 bits per heavy atom. The third kappa shape index (κ3) is 5.89. The highest BCUT2D eigenvalue weighted by molar-refractivity contribution is 6.32. The van der Waals surface area contributed by atoms with E-state index in [1.54, 1.807) is 7.11 Å². The normalized spacial score (nSPS) is 15.5. The fraction of sp³-hybridized carbons (Fsp3) is 0.458. The number of amides is 1. The van der Waals surface area contributed by atoms with E-state index < -0.39 is 0 Å². The van der Waals surface area contributed by atoms with Crippen LogP contribution in [-0.4, -0.2) is 44.2 Å². The molecule has 1 heterocycles. The van der Waals surface area contributed by atoms with Gasteiger partial charge in [-0.05, 0) is 80.7 Å². The lowest BCUT2D eigenvalue weighted by Crippen LogP contribution is -2.41. The van der Waals surface area contributed by atoms with Crippen LogP contribution in [0.25, 0.3) is 0 Å². The predicted octanol–water partition coefficient (Wildman–Crippen LogP) is 4.69. The first-order valence-corrected chi connectivity index (χ1v) is 10.9. The van der Waals surface area contributed by atoms with Gasteiger partial charge in [0, 0.05) is 11.6 Å². The minimum atomic E-state index is -0.129. The molecule has 3 rings (SSSR count). The van der Waals surface area contributed by atoms with Crippen LogP contribution in [0, 0.1) is 13.8 Å². The molecule has 0 saturated carbocycles. The summed E-state index contributed by atoms with van der Waals surface area (Å²) in [5.74, 6) is 1.37. The molecular weight excluding hydrogens is 400 g/mol. The average molecular weight is 431 g/mol. The number of nitrogens with one attached hydrogen (secondary N) is 1. The number of benzene rings is 2. The fourth-order valence-electron chi connectivity index (χ4n) is 3.91. The van der Waals surface area contributed by atoms with Gasteiger partial charge in [0.25, 0.3) is 5.91 Å². The van der Waals surface area contributed by atoms with Crippen molar-refractivity contribution >= 4 is 17.5 Å². The van der Waals surface area contributed by atoms with Gasteiger partial charge in [-0.25, -0.2) is 0 Å². The van der Waals surface area contributed by atoms with Crippen molar-refractivity contribution in [1.82, 2.24) is 10.2 Å². The molecule has 1 amide bonds. The molecule has 1 atom stereocenters. The van der Waals surface area contributed by atoms with E-state index in [0.29, 0.717) is 12.3 Å². The SMILES string of the molecule is COc1ccc([C@H](CNC(=O)COc2cc(C)c(Cl)c(C)c2)N2CCCCC2)cc1. The molecule has 0 unspecified atom stereocenters. The third-order valence-electron chi connectivity index (χ3n) is 5.60. The molecular formula is C24H31ClN2O3. The van der Waals surface area contributed by atoms with Crippen LogP contribution in [0.1, 0.15) is 42.0 Å². The third-order valence-corrected chi connectivity index (χ3v) is 6.20. The molecule has 1 aliphatic rings. The standard InChI is InChI=1S/C24H31ClN2O3/c1-17-13-21(14-18(2)24(17)25)30-16-23(28)26-15-22(27-11-5-4-6-12-27)19-7-9-20(29-3)10-8-19/h7-10,13-14,22H,4-6,11-12,15-16H2,1-3H3,(H,26,28)/t22-/m0/s1. The molecule has 1 aliphatic heterocycles. The summed E-state index contributed by atoms with van der Waals surface area (Å²) in [4.78, 5) is 14.9. The van der Waals surface area contributed by atoms with Gasteiger partial charge < -0.3 is 14.8 Å². The molecule has 1 N–H and O–H groups in total. The van der Waals surface area contributed by atoms with Gasteiger partial charge >= 0.3 is 0 Å². The molecule has 1 fully saturated rings. The van der Waals surface area contributed by atoms with E-state index in [-0.39, 0.29) is 18.6 Å². The summed E-state index contributed by atoms with van der Waals surface area (Å²) >= 11 is 6.20. The van der Waals surface area contributed by atoms with Crippen LogP contribution < -0.4 is 14.8 Å². The van der Waals surface area contributed by atoms with Crippen molar-refractivity contribution in [2.45, 2.75) is 39.2 Å². The Kier molecular flexibility index (Phi) is 8.00. The van der Waals surface area contributed by atoms with Crippen molar-refractivity contribution in [1.29, 1.82) is 0 Å². The van der Waals surface area contributed by atoms with Crippen LogP contribution in [0.3, 0.4) is 0 Å². The molecule has 0 bridgehead atoms. The van der Waals surface area contributed by atoms with Crippen molar-refractivity contribution in [3.05, 3.63) is 58.1 Å². The Balaban J connectivity index is 1.60. The van der Waals surface area contributed by atoms with Crippen molar-refractivity contribution in [3.63, 3.8) is 0 Å². The van der Waals surface area contributed by atoms with Gasteiger partial charge in [-0.2, -0.15) is 0 Å². The second-order valence-electron chi connectivity index (χ2n) is 7.85. The zero-order valence-corrected chi connectivity index (χ0v) is 18.8. The molecule has 0 radical (unpaired) electrons. The molecule has 162 valence electrons. The summed E-state index contributed by atoms with van der Waals surface area (Å²) in [6.07, 6.45) is 3.66. The van der Waals surface area contributed by atoms with Gasteiger partial charge in [-0.15, -0.1) is 0 Å². The Labute approximate surface area is 184 Å². The Morgan fingerprint density at radius 1 is 1.07 bits per heavy atom. The summed E-state index contributed by atoms with van der Waals surface area (Å²) in [7, 11) is 1.67. The average Bonchev–Trinajstić information content (AvgIpc) is 2.77. The van der Waals surface area contributed by atoms with Gasteiger partial charge in [0.2, 0.25) is 0 Å². The smallest absolute Gasteiger partial charge is 0.258 e. The number of carbonyl (C=O) groups is 1. The predicted molar refractivity (Wildman–Crippen MR) is 121 cm³/mol. The van der Waals surface area contributed by atoms with Gasteiger partial charge in [0.05, 0.1) is 13.2 Å². The number of hydrogen-bond donors (Lipinski definition) is 1. The van der Waals surface area contributed by atoms with Crippen LogP contribution in [0.15, 0.2) is 36.4 Å². The van der Waals surface area contributed by atoms with E-state index in [2.05, 4.69) is 22.3 Å². The number of ether oxygens (including phenoxy) is 2. The van der Waals surface area contributed by atoms with Crippen molar-refractivity contribution in [3.8, 4) is 11.5 Å². The highest BCUT2D eigenvalue weighted by atomic mass is 35.5. The van der Waals surface area contributed by atoms with Crippen LogP contribution in [0.4, 0.5) is 0 Å². The fourth-order valence-corrected chi connectivity index (χ4v) is 4.02. The van der Waals surface area contributed by atoms with Gasteiger partial charge in [-0.1, -0.05) is 30.2 Å². The summed E-state index contributed by atoms with van der Waals surface area (Å²) in [5.41, 5.74) is 3.07. The molecule has 5 nitrogen and oxygen atoms in total. The topological polar surface area (TPSA) is 50.8 Å². The maximum Gasteiger partial charge on any atom is 0.258 e. The van der Waals surface area contributed by atoms with Crippen LogP contribution in [-0.2, 0) is 4.79 Å². The molecule has 2 aromatic carbocycles. The molecule has 0 spiro atoms. The lowest BCUT2D eigenvalue weighted by atomic mass is 10.0. The van der Waals surface area contributed by atoms with E-state index in [4.69, 9.17) is 21.1 Å². The summed E-state index contributed by atoms with van der Waals surface area (Å²) in [6.45, 7) is 6.49. The number of rotatable bonds is 8. The summed E-state index contributed by atoms with van der Waals surface area (Å²) in [5, 5.41) is 3.79. The first-order chi connectivity index (χ1) is 14.5. The van der Waals surface area contributed by atoms with E-state index in [1.807, 2.05) is 38.1 Å². The van der Waals surface area contributed by atoms with E-state index in [1.165, 1.54) is 24.8 Å². The number of piperidine rings is 1. The zero-order chi connectivity index (χ0) is 21.5. The number of hydrogen-bond acceptors (Lipinski definition) is 4. The van der Waals surface area contributed by atoms with Crippen LogP contribution in [0.5, 0.6) is 11.5 Å². The molecule has 2 aromatic rings. The quantitative estimate of drug-likeness (QED) is 0.660. The number of nitrogens with zero attached hydrogens (tertiary/aromatic N) is 1. The Morgan fingerprint density at radius 2 is 1.70 bits per heavy atom. The molecule has 0 aromatic heterocycles. The lowest BCUT2D eigenvalue weighted by Gasteiger charge is -2.35. The highest BCUT2D eigenvalue weighted by Gasteiger charge is 2.23. The van der Waals surface area contributed by atoms with E-state index in [9.17, 15) is 4.79 Å². The second-order valence-corrected chi connectivity index (χ2v) is 8.23. The Bertz CT molecular complexity index is 825. The summed E-state index contributed by atoms with van der Waals surface area (Å²) < 4.78 is 11.0. The Hall–Kier alpha value is -2.24. The first-order valence-electron chi connectivity index (χ1n) is 10.5. The maximum absolute atomic E-state index is 12.5. The maximum atomic E-state index is 12.5. The zero-order valence-electron chi connectivity index (χ0n) is 18.0. The van der Waals surface area contributed by atoms with Crippen LogP contribution in [0.2, 0.25) is 5.02 Å². The highest BCUT2D eigenvalue weighted by Crippen LogP contribution is 2.27. The molecule has 0 aliphatic carbocycles. The molecule has 6 heteroatoms. The minimum absolute atomic E-state index is 0.0180. The number of methoxy groups -OCH3 is 1. The summed E-state index contributed by atoms with van der Waals surface area (Å²) in [6, 6.07) is 12.0. The number of carbonyl (C=O) groups excluding carboxylic acids is 1. The first kappa shape index (κ1) is 22.4. The van der Waals surface area contributed by atoms with Crippen molar-refractivity contribution in [2.24, 2.45) is 0 Å².